The van der Waals surface area contributed by atoms with Crippen molar-refractivity contribution < 1.29 is 13.2 Å². The summed E-state index contributed by atoms with van der Waals surface area (Å²) in [6.45, 7) is 2.44. The predicted octanol–water partition coefficient (Wildman–Crippen LogP) is 4.39. The van der Waals surface area contributed by atoms with Crippen LogP contribution < -0.4 is 11.1 Å². The van der Waals surface area contributed by atoms with Crippen molar-refractivity contribution in [2.75, 3.05) is 11.9 Å². The third-order valence-corrected chi connectivity index (χ3v) is 5.76. The Bertz CT molecular complexity index is 1150. The number of nitrogens with zero attached hydrogens (tertiary/aromatic N) is 3. The van der Waals surface area contributed by atoms with Crippen LogP contribution in [0.3, 0.4) is 0 Å². The van der Waals surface area contributed by atoms with Crippen molar-refractivity contribution in [3.8, 4) is 10.6 Å². The third kappa shape index (κ3) is 4.29. The van der Waals surface area contributed by atoms with Crippen molar-refractivity contribution >= 4 is 27.4 Å². The normalized spacial score (nSPS) is 13.0. The number of aryl methyl sites for hydroxylation is 1. The second-order valence-electron chi connectivity index (χ2n) is 7.02. The topological polar surface area (TPSA) is 92.5 Å². The van der Waals surface area contributed by atoms with Crippen molar-refractivity contribution in [1.82, 2.24) is 20.4 Å². The molecule has 0 amide bonds. The highest BCUT2D eigenvalue weighted by molar-refractivity contribution is 7.18. The molecule has 2 aromatic heterocycles. The van der Waals surface area contributed by atoms with E-state index >= 15 is 0 Å². The van der Waals surface area contributed by atoms with Gasteiger partial charge in [-0.15, -0.1) is 10.2 Å². The van der Waals surface area contributed by atoms with E-state index in [0.717, 1.165) is 44.7 Å². The summed E-state index contributed by atoms with van der Waals surface area (Å²) in [7, 11) is 0. The summed E-state index contributed by atoms with van der Waals surface area (Å²) >= 11 is 1.42. The number of halogens is 3. The van der Waals surface area contributed by atoms with Gasteiger partial charge in [0.15, 0.2) is 0 Å². The third-order valence-electron chi connectivity index (χ3n) is 4.84. The van der Waals surface area contributed by atoms with Crippen LogP contribution in [0.25, 0.3) is 21.5 Å². The lowest BCUT2D eigenvalue weighted by Crippen LogP contribution is -2.31. The van der Waals surface area contributed by atoms with E-state index in [1.807, 2.05) is 19.1 Å². The van der Waals surface area contributed by atoms with E-state index in [-0.39, 0.29) is 6.04 Å². The molecule has 0 radical (unpaired) electrons. The summed E-state index contributed by atoms with van der Waals surface area (Å²) < 4.78 is 37.9. The lowest BCUT2D eigenvalue weighted by molar-refractivity contribution is -0.137. The summed E-state index contributed by atoms with van der Waals surface area (Å²) in [6.07, 6.45) is -2.10. The average Bonchev–Trinajstić information content (AvgIpc) is 3.36. The number of hydrogen-bond acceptors (Lipinski definition) is 6. The molecule has 4 rings (SSSR count). The highest BCUT2D eigenvalue weighted by Crippen LogP contribution is 2.32. The Morgan fingerprint density at radius 2 is 1.90 bits per heavy atom. The van der Waals surface area contributed by atoms with Crippen molar-refractivity contribution in [3.05, 3.63) is 59.3 Å². The van der Waals surface area contributed by atoms with Gasteiger partial charge in [0.05, 0.1) is 17.3 Å². The Hall–Kier alpha value is -2.98. The first-order chi connectivity index (χ1) is 14.3. The number of fused-ring (bicyclic) bond motifs is 1. The van der Waals surface area contributed by atoms with Crippen LogP contribution in [0.1, 0.15) is 16.7 Å². The molecule has 6 nitrogen and oxygen atoms in total. The van der Waals surface area contributed by atoms with Crippen LogP contribution in [-0.4, -0.2) is 33.0 Å². The Morgan fingerprint density at radius 3 is 2.63 bits per heavy atom. The molecule has 10 heteroatoms. The fourth-order valence-electron chi connectivity index (χ4n) is 3.22. The van der Waals surface area contributed by atoms with Crippen LogP contribution in [0.5, 0.6) is 0 Å². The fraction of sp³-hybridized carbons (Fsp3) is 0.250. The molecule has 0 saturated heterocycles. The number of benzene rings is 2. The van der Waals surface area contributed by atoms with Crippen molar-refractivity contribution in [2.45, 2.75) is 25.6 Å². The molecule has 30 heavy (non-hydrogen) atoms. The van der Waals surface area contributed by atoms with E-state index in [9.17, 15) is 13.2 Å². The number of nitrogens with two attached hydrogens (primary N) is 1. The van der Waals surface area contributed by atoms with Gasteiger partial charge in [-0.2, -0.15) is 18.3 Å². The minimum absolute atomic E-state index is 0.280. The maximum absolute atomic E-state index is 12.6. The van der Waals surface area contributed by atoms with E-state index < -0.39 is 11.7 Å². The number of aromatic amines is 1. The van der Waals surface area contributed by atoms with Crippen molar-refractivity contribution in [2.24, 2.45) is 5.73 Å². The SMILES string of the molecule is Cc1c(-c2nnc(NCC(N)Cc3ccc(C(F)(F)F)cc3)s2)ccc2[nH]ncc12. The van der Waals surface area contributed by atoms with Gasteiger partial charge in [-0.1, -0.05) is 23.5 Å². The number of H-pyrrole nitrogens is 1. The number of nitrogens with one attached hydrogen (secondary N) is 2. The number of hydrogen-bond donors (Lipinski definition) is 3. The first kappa shape index (κ1) is 20.3. The molecule has 1 atom stereocenters. The number of aromatic nitrogens is 4. The van der Waals surface area contributed by atoms with Crippen LogP contribution in [0.15, 0.2) is 42.6 Å². The zero-order chi connectivity index (χ0) is 21.3. The Kier molecular flexibility index (Phi) is 5.44. The van der Waals surface area contributed by atoms with Gasteiger partial charge in [0, 0.05) is 23.5 Å². The van der Waals surface area contributed by atoms with Gasteiger partial charge in [-0.25, -0.2) is 0 Å². The summed E-state index contributed by atoms with van der Waals surface area (Å²) in [4.78, 5) is 0. The van der Waals surface area contributed by atoms with Crippen LogP contribution >= 0.6 is 11.3 Å². The van der Waals surface area contributed by atoms with E-state index in [1.54, 1.807) is 6.20 Å². The molecule has 1 unspecified atom stereocenters. The molecule has 156 valence electrons. The summed E-state index contributed by atoms with van der Waals surface area (Å²) in [5.41, 5.74) is 9.24. The van der Waals surface area contributed by atoms with E-state index in [1.165, 1.54) is 23.5 Å². The minimum Gasteiger partial charge on any atom is -0.359 e. The molecule has 0 aliphatic heterocycles. The molecule has 0 saturated carbocycles. The van der Waals surface area contributed by atoms with E-state index in [0.29, 0.717) is 18.1 Å². The summed E-state index contributed by atoms with van der Waals surface area (Å²) in [5, 5.41) is 21.1. The molecule has 0 aliphatic carbocycles. The molecule has 2 aromatic carbocycles. The summed E-state index contributed by atoms with van der Waals surface area (Å²) in [5.74, 6) is 0. The van der Waals surface area contributed by atoms with Gasteiger partial charge in [0.1, 0.15) is 5.01 Å². The quantitative estimate of drug-likeness (QED) is 0.420. The van der Waals surface area contributed by atoms with Gasteiger partial charge in [0.25, 0.3) is 0 Å². The van der Waals surface area contributed by atoms with E-state index in [4.69, 9.17) is 5.73 Å². The maximum atomic E-state index is 12.6. The minimum atomic E-state index is -4.34. The molecule has 2 heterocycles. The smallest absolute Gasteiger partial charge is 0.359 e. The lowest BCUT2D eigenvalue weighted by Gasteiger charge is -2.13. The molecule has 0 spiro atoms. The van der Waals surface area contributed by atoms with Crippen molar-refractivity contribution in [1.29, 1.82) is 0 Å². The largest absolute Gasteiger partial charge is 0.416 e. The van der Waals surface area contributed by atoms with Crippen LogP contribution in [0, 0.1) is 6.92 Å². The second-order valence-corrected chi connectivity index (χ2v) is 8.00. The molecular formula is C20H19F3N6S. The van der Waals surface area contributed by atoms with Gasteiger partial charge >= 0.3 is 6.18 Å². The molecular weight excluding hydrogens is 413 g/mol. The predicted molar refractivity (Wildman–Crippen MR) is 111 cm³/mol. The molecule has 0 bridgehead atoms. The first-order valence-corrected chi connectivity index (χ1v) is 10.0. The van der Waals surface area contributed by atoms with Gasteiger partial charge in [-0.05, 0) is 48.7 Å². The number of alkyl halides is 3. The molecule has 4 aromatic rings. The van der Waals surface area contributed by atoms with Gasteiger partial charge < -0.3 is 11.1 Å². The Morgan fingerprint density at radius 1 is 1.13 bits per heavy atom. The molecule has 4 N–H and O–H groups in total. The Labute approximate surface area is 174 Å². The average molecular weight is 432 g/mol. The van der Waals surface area contributed by atoms with Crippen molar-refractivity contribution in [3.63, 3.8) is 0 Å². The molecule has 0 fully saturated rings. The highest BCUT2D eigenvalue weighted by atomic mass is 32.1. The number of rotatable bonds is 6. The Balaban J connectivity index is 1.37. The van der Waals surface area contributed by atoms with Gasteiger partial charge in [-0.3, -0.25) is 5.10 Å². The maximum Gasteiger partial charge on any atom is 0.416 e. The van der Waals surface area contributed by atoms with Crippen LogP contribution in [-0.2, 0) is 12.6 Å². The zero-order valence-electron chi connectivity index (χ0n) is 16.0. The number of anilines is 1. The van der Waals surface area contributed by atoms with Crippen LogP contribution in [0.4, 0.5) is 18.3 Å². The van der Waals surface area contributed by atoms with Crippen LogP contribution in [0.2, 0.25) is 0 Å². The monoisotopic (exact) mass is 432 g/mol. The standard InChI is InChI=1S/C20H19F3N6S/c1-11-15(6-7-17-16(11)10-26-27-17)18-28-29-19(30-18)25-9-14(24)8-12-2-4-13(5-3-12)20(21,22)23/h2-7,10,14H,8-9,24H2,1H3,(H,25,29)(H,26,27). The fourth-order valence-corrected chi connectivity index (χ4v) is 4.05. The van der Waals surface area contributed by atoms with E-state index in [2.05, 4.69) is 25.7 Å². The molecule has 0 aliphatic rings. The highest BCUT2D eigenvalue weighted by Gasteiger charge is 2.29. The first-order valence-electron chi connectivity index (χ1n) is 9.23. The zero-order valence-corrected chi connectivity index (χ0v) is 16.8. The second kappa shape index (κ2) is 8.04. The van der Waals surface area contributed by atoms with Gasteiger partial charge in [0.2, 0.25) is 5.13 Å². The lowest BCUT2D eigenvalue weighted by atomic mass is 10.0. The summed E-state index contributed by atoms with van der Waals surface area (Å²) in [6, 6.07) is 8.73.